The molecule has 2 aromatic rings. The van der Waals surface area contributed by atoms with Gasteiger partial charge < -0.3 is 14.8 Å². The number of halogens is 1. The number of hydrogen-bond acceptors (Lipinski definition) is 4. The predicted molar refractivity (Wildman–Crippen MR) is 75.3 cm³/mol. The van der Waals surface area contributed by atoms with Crippen molar-refractivity contribution in [1.29, 1.82) is 0 Å². The van der Waals surface area contributed by atoms with Crippen molar-refractivity contribution in [2.75, 3.05) is 5.32 Å². The Kier molecular flexibility index (Phi) is 4.31. The largest absolute Gasteiger partial charge is 0.478 e. The average Bonchev–Trinajstić information content (AvgIpc) is 2.82. The topological polar surface area (TPSA) is 92.4 Å². The number of carboxylic acid groups (broad SMARTS) is 1. The number of carbonyl (C=O) groups excluding carboxylic acids is 1. The Hall–Kier alpha value is -2.41. The Morgan fingerprint density at radius 3 is 2.80 bits per heavy atom. The predicted octanol–water partition coefficient (Wildman–Crippen LogP) is 2.79. The van der Waals surface area contributed by atoms with Crippen molar-refractivity contribution in [3.05, 3.63) is 52.5 Å². The van der Waals surface area contributed by atoms with Crippen LogP contribution < -0.4 is 5.32 Å². The molecule has 0 saturated heterocycles. The number of nitrogens with one attached hydrogen (secondary N) is 1. The lowest BCUT2D eigenvalue weighted by Crippen LogP contribution is -2.10. The van der Waals surface area contributed by atoms with Crippen LogP contribution in [0.15, 0.2) is 45.6 Å². The van der Waals surface area contributed by atoms with Gasteiger partial charge in [0.25, 0.3) is 0 Å². The lowest BCUT2D eigenvalue weighted by atomic mass is 10.2. The van der Waals surface area contributed by atoms with Gasteiger partial charge in [-0.15, -0.1) is 0 Å². The third kappa shape index (κ3) is 3.79. The number of carboxylic acids is 1. The summed E-state index contributed by atoms with van der Waals surface area (Å²) in [4.78, 5) is 26.3. The summed E-state index contributed by atoms with van der Waals surface area (Å²) in [6, 6.07) is 6.01. The maximum absolute atomic E-state index is 11.6. The molecule has 2 heterocycles. The molecule has 20 heavy (non-hydrogen) atoms. The van der Waals surface area contributed by atoms with Gasteiger partial charge in [0.2, 0.25) is 5.91 Å². The average molecular weight is 337 g/mol. The van der Waals surface area contributed by atoms with Gasteiger partial charge in [0.1, 0.15) is 11.6 Å². The molecule has 0 saturated carbocycles. The van der Waals surface area contributed by atoms with E-state index in [1.165, 1.54) is 30.5 Å². The number of hydrogen-bond donors (Lipinski definition) is 2. The van der Waals surface area contributed by atoms with E-state index in [1.807, 2.05) is 0 Å². The Morgan fingerprint density at radius 2 is 2.15 bits per heavy atom. The molecule has 0 fully saturated rings. The molecule has 0 aliphatic carbocycles. The van der Waals surface area contributed by atoms with Gasteiger partial charge in [0.05, 0.1) is 5.56 Å². The second-order valence-electron chi connectivity index (χ2n) is 3.70. The molecule has 0 aliphatic rings. The van der Waals surface area contributed by atoms with Crippen LogP contribution in [0.2, 0.25) is 0 Å². The number of aromatic carboxylic acids is 1. The Bertz CT molecular complexity index is 679. The first-order chi connectivity index (χ1) is 9.54. The van der Waals surface area contributed by atoms with Crippen LogP contribution in [0.4, 0.5) is 5.82 Å². The van der Waals surface area contributed by atoms with E-state index in [0.717, 1.165) is 0 Å². The zero-order valence-electron chi connectivity index (χ0n) is 10.0. The number of amides is 1. The quantitative estimate of drug-likeness (QED) is 0.837. The number of pyridine rings is 1. The summed E-state index contributed by atoms with van der Waals surface area (Å²) in [5.41, 5.74) is 0.0502. The molecule has 1 amide bonds. The first-order valence-electron chi connectivity index (χ1n) is 5.48. The summed E-state index contributed by atoms with van der Waals surface area (Å²) >= 11 is 3.15. The highest BCUT2D eigenvalue weighted by Gasteiger charge is 2.05. The summed E-state index contributed by atoms with van der Waals surface area (Å²) in [5, 5.41) is 11.3. The summed E-state index contributed by atoms with van der Waals surface area (Å²) < 4.78 is 5.75. The molecular formula is C13H9BrN2O4. The monoisotopic (exact) mass is 336 g/mol. The molecule has 0 radical (unpaired) electrons. The first-order valence-corrected chi connectivity index (χ1v) is 6.27. The summed E-state index contributed by atoms with van der Waals surface area (Å²) in [6.07, 6.45) is 4.06. The molecule has 102 valence electrons. The summed E-state index contributed by atoms with van der Waals surface area (Å²) in [5.74, 6) is -0.842. The third-order valence-corrected chi connectivity index (χ3v) is 2.68. The summed E-state index contributed by atoms with van der Waals surface area (Å²) in [7, 11) is 0. The van der Waals surface area contributed by atoms with Crippen molar-refractivity contribution in [3.8, 4) is 0 Å². The summed E-state index contributed by atoms with van der Waals surface area (Å²) in [6.45, 7) is 0. The van der Waals surface area contributed by atoms with E-state index < -0.39 is 11.9 Å². The second kappa shape index (κ2) is 6.16. The molecule has 2 N–H and O–H groups in total. The molecule has 6 nitrogen and oxygen atoms in total. The van der Waals surface area contributed by atoms with Crippen molar-refractivity contribution in [1.82, 2.24) is 4.98 Å². The molecular weight excluding hydrogens is 328 g/mol. The van der Waals surface area contributed by atoms with Gasteiger partial charge in [-0.2, -0.15) is 0 Å². The van der Waals surface area contributed by atoms with Crippen molar-refractivity contribution in [2.45, 2.75) is 0 Å². The Balaban J connectivity index is 2.02. The SMILES string of the molecule is O=C(C=Cc1ccc(Br)o1)Nc1cc(C(=O)O)ccn1. The molecule has 0 unspecified atom stereocenters. The molecule has 7 heteroatoms. The van der Waals surface area contributed by atoms with Crippen LogP contribution in [0.5, 0.6) is 0 Å². The van der Waals surface area contributed by atoms with Crippen LogP contribution in [0.25, 0.3) is 6.08 Å². The molecule has 0 bridgehead atoms. The highest BCUT2D eigenvalue weighted by atomic mass is 79.9. The number of anilines is 1. The van der Waals surface area contributed by atoms with E-state index in [0.29, 0.717) is 10.4 Å². The van der Waals surface area contributed by atoms with Crippen molar-refractivity contribution < 1.29 is 19.1 Å². The maximum Gasteiger partial charge on any atom is 0.335 e. The minimum absolute atomic E-state index is 0.0502. The van der Waals surface area contributed by atoms with Gasteiger partial charge in [0.15, 0.2) is 4.67 Å². The number of nitrogens with zero attached hydrogens (tertiary/aromatic N) is 1. The Morgan fingerprint density at radius 1 is 1.35 bits per heavy atom. The highest BCUT2D eigenvalue weighted by Crippen LogP contribution is 2.15. The molecule has 0 aliphatic heterocycles. The fourth-order valence-corrected chi connectivity index (χ4v) is 1.69. The second-order valence-corrected chi connectivity index (χ2v) is 4.48. The molecule has 0 spiro atoms. The normalized spacial score (nSPS) is 10.7. The fraction of sp³-hybridized carbons (Fsp3) is 0. The van der Waals surface area contributed by atoms with Crippen LogP contribution in [-0.2, 0) is 4.79 Å². The van der Waals surface area contributed by atoms with Crippen LogP contribution in [0, 0.1) is 0 Å². The Labute approximate surface area is 122 Å². The zero-order chi connectivity index (χ0) is 14.5. The number of carbonyl (C=O) groups is 2. The molecule has 0 aromatic carbocycles. The van der Waals surface area contributed by atoms with Gasteiger partial charge in [-0.1, -0.05) is 0 Å². The third-order valence-electron chi connectivity index (χ3n) is 2.25. The van der Waals surface area contributed by atoms with E-state index >= 15 is 0 Å². The molecule has 2 rings (SSSR count). The highest BCUT2D eigenvalue weighted by molar-refractivity contribution is 9.10. The standard InChI is InChI=1S/C13H9BrN2O4/c14-10-3-1-9(20-10)2-4-12(17)16-11-7-8(13(18)19)5-6-15-11/h1-7H,(H,18,19)(H,15,16,17). The maximum atomic E-state index is 11.6. The van der Waals surface area contributed by atoms with Gasteiger partial charge >= 0.3 is 5.97 Å². The van der Waals surface area contributed by atoms with Gasteiger partial charge in [-0.05, 0) is 46.3 Å². The smallest absolute Gasteiger partial charge is 0.335 e. The van der Waals surface area contributed by atoms with Crippen molar-refractivity contribution >= 4 is 39.7 Å². The van der Waals surface area contributed by atoms with Crippen LogP contribution in [0.3, 0.4) is 0 Å². The zero-order valence-corrected chi connectivity index (χ0v) is 11.6. The van der Waals surface area contributed by atoms with Crippen LogP contribution in [0.1, 0.15) is 16.1 Å². The van der Waals surface area contributed by atoms with E-state index in [-0.39, 0.29) is 11.4 Å². The van der Waals surface area contributed by atoms with Crippen LogP contribution >= 0.6 is 15.9 Å². The van der Waals surface area contributed by atoms with E-state index in [1.54, 1.807) is 12.1 Å². The molecule has 0 atom stereocenters. The van der Waals surface area contributed by atoms with Gasteiger partial charge in [-0.25, -0.2) is 9.78 Å². The number of rotatable bonds is 4. The minimum Gasteiger partial charge on any atom is -0.478 e. The van der Waals surface area contributed by atoms with Crippen molar-refractivity contribution in [2.24, 2.45) is 0 Å². The van der Waals surface area contributed by atoms with E-state index in [4.69, 9.17) is 9.52 Å². The van der Waals surface area contributed by atoms with Gasteiger partial charge in [-0.3, -0.25) is 4.79 Å². The molecule has 2 aromatic heterocycles. The van der Waals surface area contributed by atoms with E-state index in [2.05, 4.69) is 26.2 Å². The minimum atomic E-state index is -1.08. The number of furan rings is 1. The lowest BCUT2D eigenvalue weighted by molar-refractivity contribution is -0.111. The van der Waals surface area contributed by atoms with Gasteiger partial charge in [0, 0.05) is 12.3 Å². The van der Waals surface area contributed by atoms with E-state index in [9.17, 15) is 9.59 Å². The van der Waals surface area contributed by atoms with Crippen molar-refractivity contribution in [3.63, 3.8) is 0 Å². The number of aromatic nitrogens is 1. The van der Waals surface area contributed by atoms with Crippen LogP contribution in [-0.4, -0.2) is 22.0 Å². The fourth-order valence-electron chi connectivity index (χ4n) is 1.38. The first kappa shape index (κ1) is 14.0. The lowest BCUT2D eigenvalue weighted by Gasteiger charge is -2.01.